The van der Waals surface area contributed by atoms with E-state index in [1.807, 2.05) is 0 Å². The van der Waals surface area contributed by atoms with Crippen LogP contribution in [0.5, 0.6) is 5.75 Å². The average molecular weight is 592 g/mol. The summed E-state index contributed by atoms with van der Waals surface area (Å²) in [5.41, 5.74) is 17.4. The van der Waals surface area contributed by atoms with Crippen LogP contribution in [0, 0.1) is 0 Å². The lowest BCUT2D eigenvalue weighted by Crippen LogP contribution is -2.60. The molecule has 0 spiro atoms. The Balaban J connectivity index is 2.39. The number of carboxylic acid groups (broad SMARTS) is 3. The lowest BCUT2D eigenvalue weighted by Gasteiger charge is -2.40. The van der Waals surface area contributed by atoms with Crippen LogP contribution < -0.4 is 21.8 Å². The van der Waals surface area contributed by atoms with Gasteiger partial charge < -0.3 is 67.5 Å². The minimum atomic E-state index is -1.74. The number of aryl methyl sites for hydroxylation is 1. The molecular formula is C24H39N4O13+. The van der Waals surface area contributed by atoms with Crippen LogP contribution in [0.2, 0.25) is 0 Å². The van der Waals surface area contributed by atoms with E-state index in [0.29, 0.717) is 5.56 Å². The van der Waals surface area contributed by atoms with Gasteiger partial charge in [-0.05, 0) is 25.7 Å². The van der Waals surface area contributed by atoms with Gasteiger partial charge in [-0.2, -0.15) is 4.57 Å². The Bertz CT molecular complexity index is 1060. The van der Waals surface area contributed by atoms with Gasteiger partial charge in [0.1, 0.15) is 48.6 Å². The predicted octanol–water partition coefficient (Wildman–Crippen LogP) is -4.64. The van der Waals surface area contributed by atoms with Crippen molar-refractivity contribution in [2.75, 3.05) is 6.61 Å². The van der Waals surface area contributed by atoms with Crippen LogP contribution in [0.1, 0.15) is 30.4 Å². The highest BCUT2D eigenvalue weighted by molar-refractivity contribution is 5.74. The van der Waals surface area contributed by atoms with E-state index in [1.165, 1.54) is 17.0 Å². The van der Waals surface area contributed by atoms with E-state index in [1.54, 1.807) is 0 Å². The molecule has 2 rings (SSSR count). The number of aliphatic hydroxyl groups is 4. The van der Waals surface area contributed by atoms with Gasteiger partial charge in [0, 0.05) is 17.5 Å². The average Bonchev–Trinajstić information content (AvgIpc) is 2.91. The molecule has 17 nitrogen and oxygen atoms in total. The Morgan fingerprint density at radius 1 is 0.878 bits per heavy atom. The molecule has 0 aromatic carbocycles. The first-order chi connectivity index (χ1) is 19.2. The largest absolute Gasteiger partial charge is 0.503 e. The van der Waals surface area contributed by atoms with Gasteiger partial charge in [-0.3, -0.25) is 14.4 Å². The Kier molecular flexibility index (Phi) is 12.8. The molecule has 17 heteroatoms. The molecule has 9 atom stereocenters. The fourth-order valence-electron chi connectivity index (χ4n) is 4.31. The number of carboxylic acids is 3. The van der Waals surface area contributed by atoms with Crippen molar-refractivity contribution < 1.29 is 69.3 Å². The van der Waals surface area contributed by atoms with Crippen LogP contribution in [-0.2, 0) is 43.2 Å². The van der Waals surface area contributed by atoms with Gasteiger partial charge >= 0.3 is 17.9 Å². The highest BCUT2D eigenvalue weighted by atomic mass is 16.7. The molecule has 1 aromatic heterocycles. The number of aliphatic hydroxyl groups excluding tert-OH is 4. The second-order valence-electron chi connectivity index (χ2n) is 9.95. The van der Waals surface area contributed by atoms with Crippen LogP contribution in [0.15, 0.2) is 12.4 Å². The fourth-order valence-corrected chi connectivity index (χ4v) is 4.31. The maximum atomic E-state index is 11.3. The SMILES string of the molecule is N[C@@H](CCc1c[n+](C[C@H](CC[C@H](N)C(=O)O)O[C@@H]2O[C@H](CO)[C@H](O)[C@H](O)[C@H]2O)cc(O)c1C[C@H](N)C(=O)O)C(=O)O. The molecule has 0 bridgehead atoms. The summed E-state index contributed by atoms with van der Waals surface area (Å²) >= 11 is 0. The molecule has 1 aliphatic rings. The zero-order valence-corrected chi connectivity index (χ0v) is 22.1. The molecule has 1 aromatic rings. The molecule has 0 aliphatic carbocycles. The van der Waals surface area contributed by atoms with Crippen LogP contribution in [0.4, 0.5) is 0 Å². The van der Waals surface area contributed by atoms with Crippen molar-refractivity contribution >= 4 is 17.9 Å². The number of aromatic nitrogens is 1. The van der Waals surface area contributed by atoms with E-state index >= 15 is 0 Å². The molecule has 0 unspecified atom stereocenters. The molecular weight excluding hydrogens is 552 g/mol. The normalized spacial score (nSPS) is 25.7. The number of carbonyl (C=O) groups is 3. The number of hydrogen-bond acceptors (Lipinski definition) is 13. The van der Waals surface area contributed by atoms with Crippen molar-refractivity contribution in [2.24, 2.45) is 17.2 Å². The van der Waals surface area contributed by atoms with E-state index < -0.39 is 79.5 Å². The number of rotatable bonds is 16. The summed E-state index contributed by atoms with van der Waals surface area (Å²) in [7, 11) is 0. The topological polar surface area (TPSA) is 313 Å². The summed E-state index contributed by atoms with van der Waals surface area (Å²) in [6, 6.07) is -3.89. The lowest BCUT2D eigenvalue weighted by molar-refractivity contribution is -0.706. The number of pyridine rings is 1. The summed E-state index contributed by atoms with van der Waals surface area (Å²) in [6.45, 7) is -0.831. The number of aromatic hydroxyl groups is 1. The summed E-state index contributed by atoms with van der Waals surface area (Å²) in [4.78, 5) is 33.8. The van der Waals surface area contributed by atoms with Gasteiger partial charge in [-0.25, -0.2) is 0 Å². The van der Waals surface area contributed by atoms with Crippen molar-refractivity contribution in [3.63, 3.8) is 0 Å². The maximum Gasteiger partial charge on any atom is 0.320 e. The van der Waals surface area contributed by atoms with Crippen molar-refractivity contribution in [2.45, 2.75) is 93.6 Å². The highest BCUT2D eigenvalue weighted by Gasteiger charge is 2.45. The number of nitrogens with two attached hydrogens (primary N) is 3. The monoisotopic (exact) mass is 591 g/mol. The van der Waals surface area contributed by atoms with Gasteiger partial charge in [0.2, 0.25) is 6.20 Å². The molecule has 0 radical (unpaired) electrons. The Hall–Kier alpha value is -3.00. The summed E-state index contributed by atoms with van der Waals surface area (Å²) in [6.07, 6.45) is -6.64. The van der Waals surface area contributed by atoms with E-state index in [-0.39, 0.29) is 50.0 Å². The van der Waals surface area contributed by atoms with E-state index in [2.05, 4.69) is 0 Å². The number of aliphatic carboxylic acids is 3. The smallest absolute Gasteiger partial charge is 0.320 e. The van der Waals surface area contributed by atoms with Gasteiger partial charge in [-0.15, -0.1) is 0 Å². The zero-order chi connectivity index (χ0) is 31.0. The first-order valence-electron chi connectivity index (χ1n) is 12.8. The molecule has 0 amide bonds. The number of ether oxygens (including phenoxy) is 2. The van der Waals surface area contributed by atoms with Crippen LogP contribution in [0.25, 0.3) is 0 Å². The zero-order valence-electron chi connectivity index (χ0n) is 22.1. The van der Waals surface area contributed by atoms with Crippen LogP contribution >= 0.6 is 0 Å². The molecule has 41 heavy (non-hydrogen) atoms. The molecule has 1 saturated heterocycles. The Labute approximate surface area is 234 Å². The van der Waals surface area contributed by atoms with Crippen molar-refractivity contribution in [3.8, 4) is 5.75 Å². The molecule has 232 valence electrons. The fraction of sp³-hybridized carbons (Fsp3) is 0.667. The van der Waals surface area contributed by atoms with Crippen LogP contribution in [-0.4, -0.2) is 120 Å². The second-order valence-corrected chi connectivity index (χ2v) is 9.95. The molecule has 2 heterocycles. The van der Waals surface area contributed by atoms with Crippen LogP contribution in [0.3, 0.4) is 0 Å². The van der Waals surface area contributed by atoms with Crippen molar-refractivity contribution in [1.29, 1.82) is 0 Å². The van der Waals surface area contributed by atoms with Gasteiger partial charge in [-0.1, -0.05) is 0 Å². The van der Waals surface area contributed by atoms with E-state index in [4.69, 9.17) is 31.8 Å². The Morgan fingerprint density at radius 3 is 2.02 bits per heavy atom. The van der Waals surface area contributed by atoms with Gasteiger partial charge in [0.15, 0.2) is 24.8 Å². The molecule has 14 N–H and O–H groups in total. The third kappa shape index (κ3) is 9.52. The van der Waals surface area contributed by atoms with E-state index in [9.17, 15) is 50.1 Å². The van der Waals surface area contributed by atoms with Gasteiger partial charge in [0.05, 0.1) is 6.61 Å². The standard InChI is InChI=1S/C24H38N4O13/c25-13(21(34)35)3-1-10-6-28(8-16(30)12(10)5-15(27)23(38)39)7-11(2-4-14(26)22(36)37)40-24-20(33)19(32)18(31)17(9-29)41-24/h6,8,11,13-15,17-20,24,29,31-33H,1-5,7,9,25-27H2,(H3-,30,34,35,36,37,38,39)/p+1/t11-,13-,14-,15-,17+,18-,19-,20+,24+/m0/s1. The lowest BCUT2D eigenvalue weighted by atomic mass is 9.96. The highest BCUT2D eigenvalue weighted by Crippen LogP contribution is 2.25. The summed E-state index contributed by atoms with van der Waals surface area (Å²) in [5, 5.41) is 78.3. The molecule has 1 aliphatic heterocycles. The third-order valence-corrected chi connectivity index (χ3v) is 6.80. The molecule has 1 fully saturated rings. The Morgan fingerprint density at radius 2 is 1.46 bits per heavy atom. The van der Waals surface area contributed by atoms with Crippen molar-refractivity contribution in [1.82, 2.24) is 0 Å². The van der Waals surface area contributed by atoms with E-state index in [0.717, 1.165) is 0 Å². The predicted molar refractivity (Wildman–Crippen MR) is 135 cm³/mol. The first kappa shape index (κ1) is 34.2. The minimum absolute atomic E-state index is 0.0195. The first-order valence-corrected chi connectivity index (χ1v) is 12.8. The number of hydrogen-bond donors (Lipinski definition) is 11. The minimum Gasteiger partial charge on any atom is -0.503 e. The van der Waals surface area contributed by atoms with Crippen molar-refractivity contribution in [3.05, 3.63) is 23.5 Å². The number of nitrogens with zero attached hydrogens (tertiary/aromatic N) is 1. The summed E-state index contributed by atoms with van der Waals surface area (Å²) < 4.78 is 12.6. The maximum absolute atomic E-state index is 11.3. The van der Waals surface area contributed by atoms with Gasteiger partial charge in [0.25, 0.3) is 0 Å². The quantitative estimate of drug-likeness (QED) is 0.0805. The third-order valence-electron chi connectivity index (χ3n) is 6.80. The summed E-state index contributed by atoms with van der Waals surface area (Å²) in [5.74, 6) is -4.23. The molecule has 0 saturated carbocycles. The second kappa shape index (κ2) is 15.3.